The third-order valence-corrected chi connectivity index (χ3v) is 2.07. The van der Waals surface area contributed by atoms with Gasteiger partial charge >= 0.3 is 0 Å². The van der Waals surface area contributed by atoms with Crippen LogP contribution in [0.4, 0.5) is 0 Å². The number of aromatic nitrogens is 1. The number of hydrogen-bond donors (Lipinski definition) is 2. The fourth-order valence-electron chi connectivity index (χ4n) is 1.26. The second-order valence-electron chi connectivity index (χ2n) is 3.48. The van der Waals surface area contributed by atoms with Crippen LogP contribution in [0.2, 0.25) is 0 Å². The van der Waals surface area contributed by atoms with E-state index in [9.17, 15) is 4.79 Å². The van der Waals surface area contributed by atoms with Crippen molar-refractivity contribution < 1.29 is 9.53 Å². The molecular weight excluding hydrogens is 218 g/mol. The summed E-state index contributed by atoms with van der Waals surface area (Å²) in [6, 6.07) is 3.58. The number of carbonyl (C=O) groups excluding carboxylic acids is 1. The number of nitrogens with zero attached hydrogens (tertiary/aromatic N) is 1. The van der Waals surface area contributed by atoms with Gasteiger partial charge in [-0.1, -0.05) is 6.08 Å². The summed E-state index contributed by atoms with van der Waals surface area (Å²) in [5, 5.41) is 2.62. The van der Waals surface area contributed by atoms with Gasteiger partial charge in [0.1, 0.15) is 5.75 Å². The lowest BCUT2D eigenvalue weighted by Gasteiger charge is -2.10. The van der Waals surface area contributed by atoms with Crippen LogP contribution in [-0.2, 0) is 11.3 Å². The van der Waals surface area contributed by atoms with Crippen molar-refractivity contribution in [1.29, 1.82) is 0 Å². The fraction of sp³-hybridized carbons (Fsp3) is 0.333. The molecule has 1 aromatic rings. The maximum absolute atomic E-state index is 11.3. The summed E-state index contributed by atoms with van der Waals surface area (Å²) < 4.78 is 5.35. The average molecular weight is 235 g/mol. The van der Waals surface area contributed by atoms with Crippen molar-refractivity contribution >= 4 is 5.91 Å². The highest BCUT2D eigenvalue weighted by Gasteiger charge is 2.06. The average Bonchev–Trinajstić information content (AvgIpc) is 2.34. The first-order valence-electron chi connectivity index (χ1n) is 5.34. The van der Waals surface area contributed by atoms with E-state index < -0.39 is 0 Å². The van der Waals surface area contributed by atoms with Crippen LogP contribution >= 0.6 is 0 Å². The van der Waals surface area contributed by atoms with Crippen LogP contribution < -0.4 is 15.8 Å². The van der Waals surface area contributed by atoms with E-state index in [2.05, 4.69) is 16.9 Å². The predicted molar refractivity (Wildman–Crippen MR) is 65.6 cm³/mol. The number of pyridine rings is 1. The van der Waals surface area contributed by atoms with Crippen LogP contribution in [0.25, 0.3) is 0 Å². The molecule has 0 spiro atoms. The van der Waals surface area contributed by atoms with E-state index >= 15 is 0 Å². The van der Waals surface area contributed by atoms with Crippen LogP contribution in [-0.4, -0.2) is 24.0 Å². The minimum Gasteiger partial charge on any atom is -0.482 e. The molecule has 1 rings (SSSR count). The van der Waals surface area contributed by atoms with Gasteiger partial charge < -0.3 is 15.8 Å². The van der Waals surface area contributed by atoms with E-state index in [-0.39, 0.29) is 19.1 Å². The number of ether oxygens (including phenoxy) is 1. The fourth-order valence-corrected chi connectivity index (χ4v) is 1.26. The number of hydrogen-bond acceptors (Lipinski definition) is 4. The quantitative estimate of drug-likeness (QED) is 0.705. The summed E-state index contributed by atoms with van der Waals surface area (Å²) in [6.07, 6.45) is 1.61. The molecule has 92 valence electrons. The minimum atomic E-state index is -0.201. The Labute approximate surface area is 101 Å². The van der Waals surface area contributed by atoms with Gasteiger partial charge in [-0.15, -0.1) is 6.58 Å². The van der Waals surface area contributed by atoms with E-state index in [4.69, 9.17) is 10.5 Å². The number of amides is 1. The van der Waals surface area contributed by atoms with Crippen molar-refractivity contribution in [3.05, 3.63) is 36.2 Å². The molecule has 0 saturated carbocycles. The molecule has 0 saturated heterocycles. The third-order valence-electron chi connectivity index (χ3n) is 2.07. The molecule has 1 amide bonds. The molecular formula is C12H17N3O2. The van der Waals surface area contributed by atoms with Gasteiger partial charge in [0.25, 0.3) is 5.91 Å². The third kappa shape index (κ3) is 4.24. The first-order chi connectivity index (χ1) is 8.17. The highest BCUT2D eigenvalue weighted by molar-refractivity contribution is 5.77. The Morgan fingerprint density at radius 3 is 3.06 bits per heavy atom. The molecule has 1 aromatic heterocycles. The largest absolute Gasteiger partial charge is 0.482 e. The van der Waals surface area contributed by atoms with E-state index in [1.165, 1.54) is 0 Å². The first-order valence-corrected chi connectivity index (χ1v) is 5.34. The number of nitrogens with two attached hydrogens (primary N) is 1. The maximum Gasteiger partial charge on any atom is 0.258 e. The van der Waals surface area contributed by atoms with Gasteiger partial charge in [0.05, 0.1) is 5.69 Å². The Balaban J connectivity index is 2.56. The van der Waals surface area contributed by atoms with Crippen LogP contribution in [0.5, 0.6) is 5.75 Å². The van der Waals surface area contributed by atoms with E-state index in [1.807, 2.05) is 13.0 Å². The van der Waals surface area contributed by atoms with E-state index in [1.54, 1.807) is 12.1 Å². The highest BCUT2D eigenvalue weighted by Crippen LogP contribution is 2.15. The SMILES string of the molecule is C=CCNC(=O)COc1ccc(C)nc1CN. The van der Waals surface area contributed by atoms with Gasteiger partial charge in [0, 0.05) is 18.8 Å². The first kappa shape index (κ1) is 13.2. The van der Waals surface area contributed by atoms with Gasteiger partial charge in [0.15, 0.2) is 6.61 Å². The highest BCUT2D eigenvalue weighted by atomic mass is 16.5. The second-order valence-corrected chi connectivity index (χ2v) is 3.48. The summed E-state index contributed by atoms with van der Waals surface area (Å²) in [5.41, 5.74) is 7.07. The smallest absolute Gasteiger partial charge is 0.258 e. The summed E-state index contributed by atoms with van der Waals surface area (Å²) in [5.74, 6) is 0.347. The van der Waals surface area contributed by atoms with Crippen molar-refractivity contribution in [1.82, 2.24) is 10.3 Å². The lowest BCUT2D eigenvalue weighted by atomic mass is 10.3. The standard InChI is InChI=1S/C12H17N3O2/c1-3-6-14-12(16)8-17-11-5-4-9(2)15-10(11)7-13/h3-5H,1,6-8,13H2,2H3,(H,14,16). The number of rotatable bonds is 6. The van der Waals surface area contributed by atoms with E-state index in [0.717, 1.165) is 5.69 Å². The van der Waals surface area contributed by atoms with Crippen molar-refractivity contribution in [3.63, 3.8) is 0 Å². The number of carbonyl (C=O) groups is 1. The van der Waals surface area contributed by atoms with Crippen LogP contribution in [0.15, 0.2) is 24.8 Å². The Morgan fingerprint density at radius 2 is 2.41 bits per heavy atom. The van der Waals surface area contributed by atoms with Crippen molar-refractivity contribution in [2.75, 3.05) is 13.2 Å². The van der Waals surface area contributed by atoms with Crippen molar-refractivity contribution in [2.45, 2.75) is 13.5 Å². The molecule has 5 nitrogen and oxygen atoms in total. The normalized spacial score (nSPS) is 9.76. The van der Waals surface area contributed by atoms with Crippen LogP contribution in [0.1, 0.15) is 11.4 Å². The molecule has 1 heterocycles. The predicted octanol–water partition coefficient (Wildman–Crippen LogP) is 0.530. The lowest BCUT2D eigenvalue weighted by Crippen LogP contribution is -2.29. The topological polar surface area (TPSA) is 77.2 Å². The van der Waals surface area contributed by atoms with Crippen molar-refractivity contribution in [3.8, 4) is 5.75 Å². The Hall–Kier alpha value is -1.88. The number of nitrogens with one attached hydrogen (secondary N) is 1. The minimum absolute atomic E-state index is 0.0500. The molecule has 0 fully saturated rings. The number of aryl methyl sites for hydroxylation is 1. The molecule has 0 aliphatic heterocycles. The Kier molecular flexibility index (Phi) is 5.16. The molecule has 0 radical (unpaired) electrons. The van der Waals surface area contributed by atoms with E-state index in [0.29, 0.717) is 18.0 Å². The van der Waals surface area contributed by atoms with Crippen LogP contribution in [0, 0.1) is 6.92 Å². The molecule has 0 aromatic carbocycles. The monoisotopic (exact) mass is 235 g/mol. The molecule has 0 aliphatic carbocycles. The molecule has 5 heteroatoms. The molecule has 3 N–H and O–H groups in total. The van der Waals surface area contributed by atoms with Crippen LogP contribution in [0.3, 0.4) is 0 Å². The Bertz CT molecular complexity index is 405. The summed E-state index contributed by atoms with van der Waals surface area (Å²) in [6.45, 7) is 6.04. The zero-order valence-electron chi connectivity index (χ0n) is 9.90. The summed E-state index contributed by atoms with van der Waals surface area (Å²) >= 11 is 0. The molecule has 0 atom stereocenters. The van der Waals surface area contributed by atoms with Gasteiger partial charge in [-0.3, -0.25) is 9.78 Å². The van der Waals surface area contributed by atoms with Gasteiger partial charge in [0.2, 0.25) is 0 Å². The molecule has 0 unspecified atom stereocenters. The van der Waals surface area contributed by atoms with Gasteiger partial charge in [-0.2, -0.15) is 0 Å². The lowest BCUT2D eigenvalue weighted by molar-refractivity contribution is -0.122. The van der Waals surface area contributed by atoms with Gasteiger partial charge in [-0.25, -0.2) is 0 Å². The molecule has 17 heavy (non-hydrogen) atoms. The zero-order chi connectivity index (χ0) is 12.7. The van der Waals surface area contributed by atoms with Crippen molar-refractivity contribution in [2.24, 2.45) is 5.73 Å². The Morgan fingerprint density at radius 1 is 1.65 bits per heavy atom. The maximum atomic E-state index is 11.3. The summed E-state index contributed by atoms with van der Waals surface area (Å²) in [4.78, 5) is 15.5. The summed E-state index contributed by atoms with van der Waals surface area (Å²) in [7, 11) is 0. The molecule has 0 aliphatic rings. The van der Waals surface area contributed by atoms with Gasteiger partial charge in [-0.05, 0) is 19.1 Å². The zero-order valence-corrected chi connectivity index (χ0v) is 9.90. The second kappa shape index (κ2) is 6.65. The molecule has 0 bridgehead atoms.